The highest BCUT2D eigenvalue weighted by Crippen LogP contribution is 2.28. The molecule has 18 heavy (non-hydrogen) atoms. The molecule has 1 aromatic rings. The van der Waals surface area contributed by atoms with Gasteiger partial charge in [-0.1, -0.05) is 13.0 Å². The van der Waals surface area contributed by atoms with E-state index in [9.17, 15) is 4.79 Å². The maximum absolute atomic E-state index is 11.8. The van der Waals surface area contributed by atoms with E-state index in [4.69, 9.17) is 5.26 Å². The molecule has 1 aliphatic carbocycles. The van der Waals surface area contributed by atoms with E-state index in [0.717, 1.165) is 37.9 Å². The SMILES string of the molecule is CCCNC1CCCc2c1ccc(=O)n2CC#N. The molecular formula is C14H19N3O. The first-order chi connectivity index (χ1) is 8.77. The smallest absolute Gasteiger partial charge is 0.251 e. The van der Waals surface area contributed by atoms with Gasteiger partial charge in [-0.05, 0) is 37.8 Å². The Morgan fingerprint density at radius 1 is 1.56 bits per heavy atom. The summed E-state index contributed by atoms with van der Waals surface area (Å²) in [6, 6.07) is 5.92. The molecule has 4 heteroatoms. The van der Waals surface area contributed by atoms with Crippen LogP contribution < -0.4 is 10.9 Å². The highest BCUT2D eigenvalue weighted by Gasteiger charge is 2.22. The maximum Gasteiger partial charge on any atom is 0.251 e. The monoisotopic (exact) mass is 245 g/mol. The molecule has 0 bridgehead atoms. The fourth-order valence-corrected chi connectivity index (χ4v) is 2.64. The van der Waals surface area contributed by atoms with Crippen molar-refractivity contribution in [2.75, 3.05) is 6.54 Å². The maximum atomic E-state index is 11.8. The highest BCUT2D eigenvalue weighted by atomic mass is 16.1. The van der Waals surface area contributed by atoms with Gasteiger partial charge in [0, 0.05) is 17.8 Å². The van der Waals surface area contributed by atoms with Gasteiger partial charge in [0.2, 0.25) is 0 Å². The van der Waals surface area contributed by atoms with Crippen LogP contribution in [0.4, 0.5) is 0 Å². The summed E-state index contributed by atoms with van der Waals surface area (Å²) in [5.74, 6) is 0. The van der Waals surface area contributed by atoms with E-state index < -0.39 is 0 Å². The second-order valence-electron chi connectivity index (χ2n) is 4.72. The number of hydrogen-bond acceptors (Lipinski definition) is 3. The van der Waals surface area contributed by atoms with Gasteiger partial charge < -0.3 is 5.32 Å². The van der Waals surface area contributed by atoms with Crippen LogP contribution in [0.15, 0.2) is 16.9 Å². The van der Waals surface area contributed by atoms with E-state index in [2.05, 4.69) is 18.3 Å². The second kappa shape index (κ2) is 5.83. The van der Waals surface area contributed by atoms with E-state index in [1.54, 1.807) is 10.6 Å². The lowest BCUT2D eigenvalue weighted by atomic mass is 9.90. The van der Waals surface area contributed by atoms with Crippen molar-refractivity contribution in [3.63, 3.8) is 0 Å². The molecule has 0 saturated carbocycles. The first kappa shape index (κ1) is 12.8. The van der Waals surface area contributed by atoms with Crippen LogP contribution in [0.25, 0.3) is 0 Å². The zero-order chi connectivity index (χ0) is 13.0. The van der Waals surface area contributed by atoms with Crippen LogP contribution in [-0.4, -0.2) is 11.1 Å². The quantitative estimate of drug-likeness (QED) is 0.879. The molecule has 0 aromatic carbocycles. The Balaban J connectivity index is 2.37. The van der Waals surface area contributed by atoms with Crippen LogP contribution in [0.2, 0.25) is 0 Å². The summed E-state index contributed by atoms with van der Waals surface area (Å²) in [7, 11) is 0. The summed E-state index contributed by atoms with van der Waals surface area (Å²) in [5.41, 5.74) is 2.18. The van der Waals surface area contributed by atoms with Gasteiger partial charge >= 0.3 is 0 Å². The molecule has 0 fully saturated rings. The molecule has 1 heterocycles. The minimum absolute atomic E-state index is 0.0635. The van der Waals surface area contributed by atoms with Gasteiger partial charge in [-0.2, -0.15) is 5.26 Å². The van der Waals surface area contributed by atoms with Crippen molar-refractivity contribution in [1.82, 2.24) is 9.88 Å². The first-order valence-electron chi connectivity index (χ1n) is 6.61. The molecule has 2 rings (SSSR count). The summed E-state index contributed by atoms with van der Waals surface area (Å²) in [6.45, 7) is 3.29. The predicted octanol–water partition coefficient (Wildman–Crippen LogP) is 1.75. The molecule has 0 radical (unpaired) electrons. The molecule has 0 saturated heterocycles. The summed E-state index contributed by atoms with van der Waals surface area (Å²) in [4.78, 5) is 11.8. The molecule has 1 aromatic heterocycles. The zero-order valence-electron chi connectivity index (χ0n) is 10.8. The number of nitrogens with one attached hydrogen (secondary N) is 1. The van der Waals surface area contributed by atoms with Gasteiger partial charge in [0.05, 0.1) is 6.07 Å². The third-order valence-corrected chi connectivity index (χ3v) is 3.48. The van der Waals surface area contributed by atoms with Crippen molar-refractivity contribution >= 4 is 0 Å². The average molecular weight is 245 g/mol. The van der Waals surface area contributed by atoms with Gasteiger partial charge in [-0.25, -0.2) is 0 Å². The fraction of sp³-hybridized carbons (Fsp3) is 0.571. The minimum atomic E-state index is -0.0635. The number of hydrogen-bond donors (Lipinski definition) is 1. The van der Waals surface area contributed by atoms with Crippen molar-refractivity contribution < 1.29 is 0 Å². The number of nitrogens with zero attached hydrogens (tertiary/aromatic N) is 2. The topological polar surface area (TPSA) is 57.8 Å². The zero-order valence-corrected chi connectivity index (χ0v) is 10.8. The Kier molecular flexibility index (Phi) is 4.16. The molecule has 1 atom stereocenters. The van der Waals surface area contributed by atoms with Crippen LogP contribution >= 0.6 is 0 Å². The van der Waals surface area contributed by atoms with Gasteiger partial charge in [0.25, 0.3) is 5.56 Å². The lowest BCUT2D eigenvalue weighted by molar-refractivity contribution is 0.444. The number of fused-ring (bicyclic) bond motifs is 1. The second-order valence-corrected chi connectivity index (χ2v) is 4.72. The Hall–Kier alpha value is -1.60. The van der Waals surface area contributed by atoms with E-state index in [0.29, 0.717) is 6.04 Å². The standard InChI is InChI=1S/C14H19N3O/c1-2-9-16-12-4-3-5-13-11(12)6-7-14(18)17(13)10-8-15/h6-7,12,16H,2-5,9-10H2,1H3. The molecule has 0 spiro atoms. The minimum Gasteiger partial charge on any atom is -0.310 e. The third kappa shape index (κ3) is 2.46. The van der Waals surface area contributed by atoms with Crippen molar-refractivity contribution in [3.05, 3.63) is 33.7 Å². The van der Waals surface area contributed by atoms with Gasteiger partial charge in [-0.15, -0.1) is 0 Å². The van der Waals surface area contributed by atoms with Crippen LogP contribution in [0.3, 0.4) is 0 Å². The Labute approximate surface area is 107 Å². The lowest BCUT2D eigenvalue weighted by Gasteiger charge is -2.28. The van der Waals surface area contributed by atoms with Crippen LogP contribution in [0, 0.1) is 11.3 Å². The van der Waals surface area contributed by atoms with Crippen LogP contribution in [0.1, 0.15) is 43.5 Å². The summed E-state index contributed by atoms with van der Waals surface area (Å²) in [5, 5.41) is 12.3. The number of nitriles is 1. The number of aromatic nitrogens is 1. The number of pyridine rings is 1. The summed E-state index contributed by atoms with van der Waals surface area (Å²) < 4.78 is 1.62. The molecule has 0 aliphatic heterocycles. The summed E-state index contributed by atoms with van der Waals surface area (Å²) in [6.07, 6.45) is 4.18. The largest absolute Gasteiger partial charge is 0.310 e. The molecule has 4 nitrogen and oxygen atoms in total. The molecule has 0 amide bonds. The Morgan fingerprint density at radius 3 is 3.11 bits per heavy atom. The molecule has 96 valence electrons. The Bertz CT molecular complexity index is 513. The van der Waals surface area contributed by atoms with Crippen molar-refractivity contribution in [2.24, 2.45) is 0 Å². The normalized spacial score (nSPS) is 18.1. The van der Waals surface area contributed by atoms with Crippen LogP contribution in [-0.2, 0) is 13.0 Å². The average Bonchev–Trinajstić information content (AvgIpc) is 2.39. The van der Waals surface area contributed by atoms with Gasteiger partial charge in [0.15, 0.2) is 0 Å². The Morgan fingerprint density at radius 2 is 2.39 bits per heavy atom. The van der Waals surface area contributed by atoms with Gasteiger partial charge in [-0.3, -0.25) is 9.36 Å². The third-order valence-electron chi connectivity index (χ3n) is 3.48. The molecular weight excluding hydrogens is 226 g/mol. The predicted molar refractivity (Wildman–Crippen MR) is 70.3 cm³/mol. The highest BCUT2D eigenvalue weighted by molar-refractivity contribution is 5.28. The van der Waals surface area contributed by atoms with Crippen molar-refractivity contribution in [2.45, 2.75) is 45.2 Å². The summed E-state index contributed by atoms with van der Waals surface area (Å²) >= 11 is 0. The van der Waals surface area contributed by atoms with Crippen molar-refractivity contribution in [3.8, 4) is 6.07 Å². The van der Waals surface area contributed by atoms with Crippen LogP contribution in [0.5, 0.6) is 0 Å². The number of rotatable bonds is 4. The first-order valence-corrected chi connectivity index (χ1v) is 6.61. The van der Waals surface area contributed by atoms with Gasteiger partial charge in [0.1, 0.15) is 6.54 Å². The fourth-order valence-electron chi connectivity index (χ4n) is 2.64. The van der Waals surface area contributed by atoms with E-state index in [-0.39, 0.29) is 12.1 Å². The van der Waals surface area contributed by atoms with E-state index in [1.807, 2.05) is 6.07 Å². The molecule has 1 N–H and O–H groups in total. The lowest BCUT2D eigenvalue weighted by Crippen LogP contribution is -2.31. The molecule has 1 aliphatic rings. The van der Waals surface area contributed by atoms with E-state index >= 15 is 0 Å². The molecule has 1 unspecified atom stereocenters. The van der Waals surface area contributed by atoms with E-state index in [1.165, 1.54) is 5.56 Å². The van der Waals surface area contributed by atoms with Crippen molar-refractivity contribution in [1.29, 1.82) is 5.26 Å².